The van der Waals surface area contributed by atoms with Gasteiger partial charge < -0.3 is 0 Å². The lowest BCUT2D eigenvalue weighted by molar-refractivity contribution is -0.0115. The topological polar surface area (TPSA) is 0 Å². The molecule has 0 N–H and O–H groups in total. The summed E-state index contributed by atoms with van der Waals surface area (Å²) < 4.78 is 0. The first-order chi connectivity index (χ1) is 11.6. The Hall–Kier alpha value is 0. The zero-order chi connectivity index (χ0) is 17.0. The molecule has 4 unspecified atom stereocenters. The molecule has 4 atom stereocenters. The quantitative estimate of drug-likeness (QED) is 0.478. The maximum Gasteiger partial charge on any atom is -0.0269 e. The van der Waals surface area contributed by atoms with E-state index in [4.69, 9.17) is 0 Å². The zero-order valence-electron chi connectivity index (χ0n) is 17.0. The molecule has 0 saturated heterocycles. The smallest absolute Gasteiger partial charge is 0.0269 e. The molecule has 0 heteroatoms. The molecule has 0 aromatic carbocycles. The van der Waals surface area contributed by atoms with E-state index < -0.39 is 0 Å². The van der Waals surface area contributed by atoms with Crippen LogP contribution in [0.4, 0.5) is 0 Å². The second-order valence-electron chi connectivity index (χ2n) is 10.3. The summed E-state index contributed by atoms with van der Waals surface area (Å²) in [6.45, 7) is 7.94. The van der Waals surface area contributed by atoms with Crippen LogP contribution in [0, 0.1) is 35.0 Å². The van der Waals surface area contributed by atoms with Crippen LogP contribution in [0.5, 0.6) is 0 Å². The minimum absolute atomic E-state index is 0.642. The Labute approximate surface area is 152 Å². The highest BCUT2D eigenvalue weighted by Gasteiger charge is 2.44. The van der Waals surface area contributed by atoms with Crippen molar-refractivity contribution in [2.24, 2.45) is 35.0 Å². The lowest BCUT2D eigenvalue weighted by atomic mass is 9.54. The van der Waals surface area contributed by atoms with E-state index in [9.17, 15) is 0 Å². The van der Waals surface area contributed by atoms with Crippen molar-refractivity contribution in [3.05, 3.63) is 0 Å². The molecule has 3 saturated carbocycles. The maximum absolute atomic E-state index is 2.71. The Morgan fingerprint density at radius 2 is 1.29 bits per heavy atom. The van der Waals surface area contributed by atoms with Crippen molar-refractivity contribution in [1.82, 2.24) is 0 Å². The van der Waals surface area contributed by atoms with Gasteiger partial charge in [0, 0.05) is 0 Å². The van der Waals surface area contributed by atoms with E-state index in [2.05, 4.69) is 20.8 Å². The Balaban J connectivity index is 1.73. The van der Waals surface area contributed by atoms with Crippen molar-refractivity contribution in [2.45, 2.75) is 117 Å². The summed E-state index contributed by atoms with van der Waals surface area (Å²) in [6, 6.07) is 0. The zero-order valence-corrected chi connectivity index (χ0v) is 17.0. The second-order valence-corrected chi connectivity index (χ2v) is 10.3. The molecule has 0 aromatic rings. The molecule has 0 spiro atoms. The van der Waals surface area contributed by atoms with Crippen LogP contribution < -0.4 is 0 Å². The van der Waals surface area contributed by atoms with Crippen LogP contribution >= 0.6 is 0 Å². The van der Waals surface area contributed by atoms with Crippen molar-refractivity contribution in [3.63, 3.8) is 0 Å². The SMILES string of the molecule is CC(CC(C1CCCCC1)C1(C)CCCCC1C)C1CCCCC1. The molecular formula is C24H44. The van der Waals surface area contributed by atoms with Crippen LogP contribution in [0.15, 0.2) is 0 Å². The summed E-state index contributed by atoms with van der Waals surface area (Å²) in [6.07, 6.45) is 22.8. The second kappa shape index (κ2) is 8.59. The maximum atomic E-state index is 2.71. The van der Waals surface area contributed by atoms with E-state index in [0.29, 0.717) is 5.41 Å². The largest absolute Gasteiger partial charge is 0.0622 e. The highest BCUT2D eigenvalue weighted by molar-refractivity contribution is 4.94. The third-order valence-corrected chi connectivity index (χ3v) is 8.87. The normalized spacial score (nSPS) is 36.4. The summed E-state index contributed by atoms with van der Waals surface area (Å²) in [7, 11) is 0. The van der Waals surface area contributed by atoms with Gasteiger partial charge in [0.1, 0.15) is 0 Å². The first kappa shape index (κ1) is 18.8. The summed E-state index contributed by atoms with van der Waals surface area (Å²) in [5, 5.41) is 0. The summed E-state index contributed by atoms with van der Waals surface area (Å²) in [4.78, 5) is 0. The van der Waals surface area contributed by atoms with Crippen molar-refractivity contribution in [2.75, 3.05) is 0 Å². The highest BCUT2D eigenvalue weighted by Crippen LogP contribution is 2.54. The minimum atomic E-state index is 0.642. The fraction of sp³-hybridized carbons (Fsp3) is 1.00. The summed E-state index contributed by atoms with van der Waals surface area (Å²) >= 11 is 0. The van der Waals surface area contributed by atoms with E-state index in [0.717, 1.165) is 29.6 Å². The average Bonchev–Trinajstić information content (AvgIpc) is 2.63. The van der Waals surface area contributed by atoms with Crippen molar-refractivity contribution in [1.29, 1.82) is 0 Å². The van der Waals surface area contributed by atoms with E-state index in [1.54, 1.807) is 19.3 Å². The van der Waals surface area contributed by atoms with Crippen LogP contribution in [0.2, 0.25) is 0 Å². The highest BCUT2D eigenvalue weighted by atomic mass is 14.5. The Kier molecular flexibility index (Phi) is 6.72. The number of rotatable bonds is 5. The third kappa shape index (κ3) is 4.21. The molecule has 0 aliphatic heterocycles. The van der Waals surface area contributed by atoms with Gasteiger partial charge in [0.05, 0.1) is 0 Å². The first-order valence-corrected chi connectivity index (χ1v) is 11.6. The third-order valence-electron chi connectivity index (χ3n) is 8.87. The number of hydrogen-bond acceptors (Lipinski definition) is 0. The Bertz CT molecular complexity index is 360. The van der Waals surface area contributed by atoms with Crippen LogP contribution in [0.25, 0.3) is 0 Å². The molecule has 0 nitrogen and oxygen atoms in total. The fourth-order valence-corrected chi connectivity index (χ4v) is 6.92. The average molecular weight is 333 g/mol. The van der Waals surface area contributed by atoms with Gasteiger partial charge in [0.15, 0.2) is 0 Å². The minimum Gasteiger partial charge on any atom is -0.0622 e. The molecule has 0 aromatic heterocycles. The predicted octanol–water partition coefficient (Wildman–Crippen LogP) is 8.01. The molecule has 140 valence electrons. The molecule has 0 heterocycles. The molecule has 24 heavy (non-hydrogen) atoms. The monoisotopic (exact) mass is 332 g/mol. The van der Waals surface area contributed by atoms with Gasteiger partial charge in [-0.25, -0.2) is 0 Å². The van der Waals surface area contributed by atoms with Gasteiger partial charge in [-0.15, -0.1) is 0 Å². The lowest BCUT2D eigenvalue weighted by Gasteiger charge is -2.51. The van der Waals surface area contributed by atoms with Gasteiger partial charge in [-0.05, 0) is 47.8 Å². The van der Waals surface area contributed by atoms with Crippen LogP contribution in [0.3, 0.4) is 0 Å². The van der Waals surface area contributed by atoms with Crippen LogP contribution in [0.1, 0.15) is 117 Å². The van der Waals surface area contributed by atoms with E-state index in [-0.39, 0.29) is 0 Å². The molecule has 0 bridgehead atoms. The molecule has 3 rings (SSSR count). The van der Waals surface area contributed by atoms with Gasteiger partial charge in [0.2, 0.25) is 0 Å². The first-order valence-electron chi connectivity index (χ1n) is 11.6. The molecule has 3 aliphatic carbocycles. The van der Waals surface area contributed by atoms with Crippen molar-refractivity contribution >= 4 is 0 Å². The van der Waals surface area contributed by atoms with E-state index >= 15 is 0 Å². The molecular weight excluding hydrogens is 288 g/mol. The molecule has 3 fully saturated rings. The van der Waals surface area contributed by atoms with Gasteiger partial charge in [0.25, 0.3) is 0 Å². The van der Waals surface area contributed by atoms with Crippen molar-refractivity contribution < 1.29 is 0 Å². The molecule has 0 amide bonds. The Morgan fingerprint density at radius 3 is 1.88 bits per heavy atom. The van der Waals surface area contributed by atoms with Crippen LogP contribution in [-0.2, 0) is 0 Å². The van der Waals surface area contributed by atoms with E-state index in [1.165, 1.54) is 77.0 Å². The van der Waals surface area contributed by atoms with Gasteiger partial charge in [-0.3, -0.25) is 0 Å². The fourth-order valence-electron chi connectivity index (χ4n) is 6.92. The van der Waals surface area contributed by atoms with E-state index in [1.807, 2.05) is 0 Å². The summed E-state index contributed by atoms with van der Waals surface area (Å²) in [5.41, 5.74) is 0.642. The predicted molar refractivity (Wildman–Crippen MR) is 106 cm³/mol. The standard InChI is InChI=1S/C24H44/c1-19(21-13-6-4-7-14-21)18-23(22-15-8-5-9-16-22)24(3)17-11-10-12-20(24)2/h19-23H,4-18H2,1-3H3. The molecule has 0 radical (unpaired) electrons. The lowest BCUT2D eigenvalue weighted by Crippen LogP contribution is -2.42. The van der Waals surface area contributed by atoms with Gasteiger partial charge in [-0.1, -0.05) is 104 Å². The van der Waals surface area contributed by atoms with Gasteiger partial charge >= 0.3 is 0 Å². The van der Waals surface area contributed by atoms with Crippen LogP contribution in [-0.4, -0.2) is 0 Å². The number of hydrogen-bond donors (Lipinski definition) is 0. The summed E-state index contributed by atoms with van der Waals surface area (Å²) in [5.74, 6) is 5.05. The van der Waals surface area contributed by atoms with Gasteiger partial charge in [-0.2, -0.15) is 0 Å². The Morgan fingerprint density at radius 1 is 0.750 bits per heavy atom. The van der Waals surface area contributed by atoms with Crippen molar-refractivity contribution in [3.8, 4) is 0 Å². The molecule has 3 aliphatic rings.